The number of hydrogen-bond acceptors (Lipinski definition) is 5. The third kappa shape index (κ3) is 4.43. The van der Waals surface area contributed by atoms with E-state index in [2.05, 4.69) is 9.97 Å². The number of nitrogens with one attached hydrogen (secondary N) is 1. The minimum atomic E-state index is -0.512. The molecule has 1 amide bonds. The van der Waals surface area contributed by atoms with Gasteiger partial charge in [0.2, 0.25) is 0 Å². The Morgan fingerprint density at radius 2 is 2.03 bits per heavy atom. The van der Waals surface area contributed by atoms with Crippen molar-refractivity contribution in [2.24, 2.45) is 0 Å². The molecule has 0 radical (unpaired) electrons. The van der Waals surface area contributed by atoms with Crippen molar-refractivity contribution >= 4 is 34.1 Å². The Morgan fingerprint density at radius 3 is 2.72 bits per heavy atom. The van der Waals surface area contributed by atoms with E-state index in [9.17, 15) is 19.7 Å². The average Bonchev–Trinajstić information content (AvgIpc) is 2.67. The van der Waals surface area contributed by atoms with Gasteiger partial charge >= 0.3 is 0 Å². The summed E-state index contributed by atoms with van der Waals surface area (Å²) >= 11 is 5.99. The summed E-state index contributed by atoms with van der Waals surface area (Å²) in [6.45, 7) is 3.99. The normalized spacial score (nSPS) is 10.9. The molecule has 0 atom stereocenters. The number of halogens is 1. The summed E-state index contributed by atoms with van der Waals surface area (Å²) in [4.78, 5) is 44.6. The molecule has 0 fully saturated rings. The Hall–Kier alpha value is -3.26. The minimum Gasteiger partial charge on any atom is -0.331 e. The zero-order valence-electron chi connectivity index (χ0n) is 15.9. The summed E-state index contributed by atoms with van der Waals surface area (Å²) in [6.07, 6.45) is 0.670. The lowest BCUT2D eigenvalue weighted by molar-refractivity contribution is -0.385. The van der Waals surface area contributed by atoms with Crippen molar-refractivity contribution in [3.63, 3.8) is 0 Å². The van der Waals surface area contributed by atoms with Crippen LogP contribution in [0.4, 0.5) is 5.69 Å². The van der Waals surface area contributed by atoms with Gasteiger partial charge in [-0.25, -0.2) is 4.98 Å². The second-order valence-corrected chi connectivity index (χ2v) is 7.10. The van der Waals surface area contributed by atoms with Gasteiger partial charge in [0, 0.05) is 28.8 Å². The predicted octanol–water partition coefficient (Wildman–Crippen LogP) is 3.85. The van der Waals surface area contributed by atoms with Crippen LogP contribution in [0.5, 0.6) is 0 Å². The van der Waals surface area contributed by atoms with E-state index in [4.69, 9.17) is 11.6 Å². The Morgan fingerprint density at radius 1 is 1.28 bits per heavy atom. The number of nitro groups is 1. The molecular formula is C20H19ClN4O4. The number of nitro benzene ring substituents is 1. The number of hydrogen-bond donors (Lipinski definition) is 1. The van der Waals surface area contributed by atoms with Crippen molar-refractivity contribution in [1.82, 2.24) is 14.9 Å². The van der Waals surface area contributed by atoms with E-state index in [0.29, 0.717) is 40.3 Å². The molecule has 8 nitrogen and oxygen atoms in total. The zero-order chi connectivity index (χ0) is 21.1. The number of carbonyl (C=O) groups is 1. The summed E-state index contributed by atoms with van der Waals surface area (Å²) < 4.78 is 0. The van der Waals surface area contributed by atoms with Crippen LogP contribution in [0.3, 0.4) is 0 Å². The molecule has 0 aliphatic heterocycles. The average molecular weight is 415 g/mol. The molecule has 0 saturated heterocycles. The van der Waals surface area contributed by atoms with Crippen LogP contribution in [0, 0.1) is 17.0 Å². The molecule has 1 N–H and O–H groups in total. The SMILES string of the molecule is CCCN(Cc1nc2cc(Cl)ccc2c(=O)[nH]1)C(=O)c1ccc(C)c([N+](=O)[O-])c1. The van der Waals surface area contributed by atoms with E-state index in [0.717, 1.165) is 0 Å². The number of amides is 1. The molecular weight excluding hydrogens is 396 g/mol. The van der Waals surface area contributed by atoms with Crippen molar-refractivity contribution in [2.45, 2.75) is 26.8 Å². The van der Waals surface area contributed by atoms with Gasteiger partial charge in [0.05, 0.1) is 22.4 Å². The molecule has 0 bridgehead atoms. The van der Waals surface area contributed by atoms with Gasteiger partial charge in [-0.2, -0.15) is 0 Å². The number of carbonyl (C=O) groups excluding carboxylic acids is 1. The number of fused-ring (bicyclic) bond motifs is 1. The van der Waals surface area contributed by atoms with Crippen molar-refractivity contribution < 1.29 is 9.72 Å². The fourth-order valence-corrected chi connectivity index (χ4v) is 3.23. The van der Waals surface area contributed by atoms with E-state index in [-0.39, 0.29) is 29.3 Å². The van der Waals surface area contributed by atoms with Gasteiger partial charge in [-0.3, -0.25) is 19.7 Å². The first-order valence-electron chi connectivity index (χ1n) is 9.03. The predicted molar refractivity (Wildman–Crippen MR) is 110 cm³/mol. The first kappa shape index (κ1) is 20.5. The highest BCUT2D eigenvalue weighted by Gasteiger charge is 2.20. The fraction of sp³-hybridized carbons (Fsp3) is 0.250. The summed E-state index contributed by atoms with van der Waals surface area (Å²) in [5, 5.41) is 12.0. The number of benzene rings is 2. The second-order valence-electron chi connectivity index (χ2n) is 6.66. The summed E-state index contributed by atoms with van der Waals surface area (Å²) in [5.41, 5.74) is 0.690. The molecule has 150 valence electrons. The van der Waals surface area contributed by atoms with Gasteiger partial charge in [0.1, 0.15) is 5.82 Å². The first-order valence-corrected chi connectivity index (χ1v) is 9.40. The molecule has 29 heavy (non-hydrogen) atoms. The van der Waals surface area contributed by atoms with Crippen LogP contribution in [0.1, 0.15) is 35.1 Å². The number of aromatic nitrogens is 2. The molecule has 0 aliphatic carbocycles. The summed E-state index contributed by atoms with van der Waals surface area (Å²) in [5.74, 6) is -0.0584. The standard InChI is InChI=1S/C20H19ClN4O4/c1-3-8-24(20(27)13-5-4-12(2)17(9-13)25(28)29)11-18-22-16-10-14(21)6-7-15(16)19(26)23-18/h4-7,9-10H,3,8,11H2,1-2H3,(H,22,23,26). The summed E-state index contributed by atoms with van der Waals surface area (Å²) in [6, 6.07) is 9.17. The third-order valence-corrected chi connectivity index (χ3v) is 4.73. The Balaban J connectivity index is 1.95. The number of aromatic amines is 1. The topological polar surface area (TPSA) is 109 Å². The van der Waals surface area contributed by atoms with Crippen LogP contribution in [-0.4, -0.2) is 32.2 Å². The molecule has 9 heteroatoms. The van der Waals surface area contributed by atoms with Crippen LogP contribution in [0.15, 0.2) is 41.2 Å². The number of H-pyrrole nitrogens is 1. The van der Waals surface area contributed by atoms with Gasteiger partial charge in [0.25, 0.3) is 17.2 Å². The van der Waals surface area contributed by atoms with Crippen molar-refractivity contribution in [1.29, 1.82) is 0 Å². The van der Waals surface area contributed by atoms with Gasteiger partial charge in [0.15, 0.2) is 0 Å². The van der Waals surface area contributed by atoms with Crippen LogP contribution < -0.4 is 5.56 Å². The molecule has 1 heterocycles. The Kier molecular flexibility index (Phi) is 5.93. The molecule has 0 spiro atoms. The molecule has 3 rings (SSSR count). The van der Waals surface area contributed by atoms with E-state index >= 15 is 0 Å². The maximum Gasteiger partial charge on any atom is 0.273 e. The quantitative estimate of drug-likeness (QED) is 0.486. The number of rotatable bonds is 6. The smallest absolute Gasteiger partial charge is 0.273 e. The van der Waals surface area contributed by atoms with Crippen LogP contribution >= 0.6 is 11.6 Å². The maximum absolute atomic E-state index is 13.0. The van der Waals surface area contributed by atoms with Gasteiger partial charge in [-0.15, -0.1) is 0 Å². The van der Waals surface area contributed by atoms with Crippen molar-refractivity contribution in [3.8, 4) is 0 Å². The molecule has 3 aromatic rings. The number of aryl methyl sites for hydroxylation is 1. The fourth-order valence-electron chi connectivity index (χ4n) is 3.06. The lowest BCUT2D eigenvalue weighted by Gasteiger charge is -2.22. The molecule has 1 aromatic heterocycles. The van der Waals surface area contributed by atoms with Crippen LogP contribution in [0.2, 0.25) is 5.02 Å². The molecule has 2 aromatic carbocycles. The summed E-state index contributed by atoms with van der Waals surface area (Å²) in [7, 11) is 0. The maximum atomic E-state index is 13.0. The largest absolute Gasteiger partial charge is 0.331 e. The minimum absolute atomic E-state index is 0.0615. The molecule has 0 aliphatic rings. The lowest BCUT2D eigenvalue weighted by Crippen LogP contribution is -2.33. The first-order chi connectivity index (χ1) is 13.8. The van der Waals surface area contributed by atoms with Gasteiger partial charge in [-0.05, 0) is 37.6 Å². The van der Waals surface area contributed by atoms with Crippen molar-refractivity contribution in [3.05, 3.63) is 78.8 Å². The van der Waals surface area contributed by atoms with Crippen LogP contribution in [0.25, 0.3) is 10.9 Å². The van der Waals surface area contributed by atoms with E-state index < -0.39 is 4.92 Å². The molecule has 0 saturated carbocycles. The highest BCUT2D eigenvalue weighted by Crippen LogP contribution is 2.21. The second kappa shape index (κ2) is 8.40. The Bertz CT molecular complexity index is 1160. The monoisotopic (exact) mass is 414 g/mol. The highest BCUT2D eigenvalue weighted by molar-refractivity contribution is 6.31. The van der Waals surface area contributed by atoms with Gasteiger partial charge < -0.3 is 9.88 Å². The highest BCUT2D eigenvalue weighted by atomic mass is 35.5. The van der Waals surface area contributed by atoms with E-state index in [1.807, 2.05) is 6.92 Å². The Labute approximate surface area is 171 Å². The molecule has 0 unspecified atom stereocenters. The van der Waals surface area contributed by atoms with Crippen LogP contribution in [-0.2, 0) is 6.54 Å². The lowest BCUT2D eigenvalue weighted by atomic mass is 10.1. The van der Waals surface area contributed by atoms with Crippen molar-refractivity contribution in [2.75, 3.05) is 6.54 Å². The number of nitrogens with zero attached hydrogens (tertiary/aromatic N) is 3. The van der Waals surface area contributed by atoms with E-state index in [1.165, 1.54) is 11.0 Å². The van der Waals surface area contributed by atoms with Gasteiger partial charge in [-0.1, -0.05) is 24.6 Å². The third-order valence-electron chi connectivity index (χ3n) is 4.49. The van der Waals surface area contributed by atoms with E-state index in [1.54, 1.807) is 37.3 Å². The zero-order valence-corrected chi connectivity index (χ0v) is 16.7.